The highest BCUT2D eigenvalue weighted by atomic mass is 31.2. The van der Waals surface area contributed by atoms with Crippen LogP contribution in [-0.2, 0) is 65.4 Å². The van der Waals surface area contributed by atoms with E-state index >= 15 is 0 Å². The Bertz CT molecular complexity index is 1990. The quantitative estimate of drug-likeness (QED) is 0.0222. The number of ether oxygens (including phenoxy) is 4. The van der Waals surface area contributed by atoms with Gasteiger partial charge in [0.2, 0.25) is 0 Å². The summed E-state index contributed by atoms with van der Waals surface area (Å²) in [7, 11) is -9.92. The zero-order valence-corrected chi connectivity index (χ0v) is 69.6. The van der Waals surface area contributed by atoms with Crippen molar-refractivity contribution in [2.24, 2.45) is 17.8 Å². The van der Waals surface area contributed by atoms with Gasteiger partial charge < -0.3 is 33.8 Å². The summed E-state index contributed by atoms with van der Waals surface area (Å²) in [6.45, 7) is 12.0. The summed E-state index contributed by atoms with van der Waals surface area (Å²) < 4.78 is 68.8. The van der Waals surface area contributed by atoms with E-state index in [1.165, 1.54) is 244 Å². The lowest BCUT2D eigenvalue weighted by Crippen LogP contribution is -2.30. The highest BCUT2D eigenvalue weighted by Gasteiger charge is 2.30. The average Bonchev–Trinajstić information content (AvgIpc) is 0.919. The maximum absolute atomic E-state index is 13.1. The number of esters is 4. The molecule has 0 aromatic carbocycles. The number of phosphoric ester groups is 2. The topological polar surface area (TPSA) is 237 Å². The fraction of sp³-hybridized carbons (Fsp3) is 0.952. The molecule has 0 bridgehead atoms. The van der Waals surface area contributed by atoms with Gasteiger partial charge in [0, 0.05) is 25.7 Å². The molecule has 3 N–H and O–H groups in total. The molecule has 0 amide bonds. The number of hydrogen-bond acceptors (Lipinski definition) is 15. The molecule has 0 spiro atoms. The normalized spacial score (nSPS) is 14.2. The highest BCUT2D eigenvalue weighted by Crippen LogP contribution is 2.45. The van der Waals surface area contributed by atoms with Gasteiger partial charge in [0.1, 0.15) is 19.3 Å². The Balaban J connectivity index is 5.23. The van der Waals surface area contributed by atoms with Gasteiger partial charge in [-0.1, -0.05) is 389 Å². The van der Waals surface area contributed by atoms with Gasteiger partial charge in [-0.05, 0) is 43.4 Å². The first-order valence-electron chi connectivity index (χ1n) is 43.4. The van der Waals surface area contributed by atoms with Crippen LogP contribution in [0, 0.1) is 17.8 Å². The summed E-state index contributed by atoms with van der Waals surface area (Å²) in [5, 5.41) is 10.7. The SMILES string of the molecule is CCCCCCCCCCCCCCCCCCCCC(=O)OC[C@H](COP(=O)(O)OC[C@@H](O)COP(=O)(O)OC[C@@H](COC(=O)CCCCCCCCCC(C)C)OC(=O)CCCCCCCCCCCCC(C)CC)OC(=O)CCCCCCCCCCCCCCCCCCCCC(C)C. The monoisotopic (exact) mass is 1510 g/mol. The third kappa shape index (κ3) is 76.6. The molecule has 0 fully saturated rings. The first-order valence-corrected chi connectivity index (χ1v) is 46.4. The predicted molar refractivity (Wildman–Crippen MR) is 423 cm³/mol. The third-order valence-corrected chi connectivity index (χ3v) is 21.9. The summed E-state index contributed by atoms with van der Waals surface area (Å²) in [6.07, 6.45) is 63.9. The van der Waals surface area contributed by atoms with E-state index < -0.39 is 97.5 Å². The van der Waals surface area contributed by atoms with E-state index in [4.69, 9.17) is 37.0 Å². The fourth-order valence-electron chi connectivity index (χ4n) is 13.0. The van der Waals surface area contributed by atoms with Crippen LogP contribution < -0.4 is 0 Å². The van der Waals surface area contributed by atoms with E-state index in [0.717, 1.165) is 108 Å². The highest BCUT2D eigenvalue weighted by molar-refractivity contribution is 7.47. The molecule has 0 rings (SSSR count). The van der Waals surface area contributed by atoms with Crippen molar-refractivity contribution in [3.8, 4) is 0 Å². The van der Waals surface area contributed by atoms with E-state index in [1.807, 2.05) is 0 Å². The van der Waals surface area contributed by atoms with Gasteiger partial charge in [-0.3, -0.25) is 37.3 Å². The van der Waals surface area contributed by atoms with Crippen LogP contribution in [0.25, 0.3) is 0 Å². The largest absolute Gasteiger partial charge is 0.472 e. The average molecular weight is 1510 g/mol. The van der Waals surface area contributed by atoms with Gasteiger partial charge in [0.25, 0.3) is 0 Å². The summed E-state index contributed by atoms with van der Waals surface area (Å²) >= 11 is 0. The molecule has 3 unspecified atom stereocenters. The minimum atomic E-state index is -4.96. The fourth-order valence-corrected chi connectivity index (χ4v) is 14.6. The van der Waals surface area contributed by atoms with Crippen LogP contribution in [0.15, 0.2) is 0 Å². The Hall–Kier alpha value is -1.94. The smallest absolute Gasteiger partial charge is 0.462 e. The number of carbonyl (C=O) groups excluding carboxylic acids is 4. The van der Waals surface area contributed by atoms with Crippen molar-refractivity contribution in [2.75, 3.05) is 39.6 Å². The predicted octanol–water partition coefficient (Wildman–Crippen LogP) is 25.3. The van der Waals surface area contributed by atoms with Crippen molar-refractivity contribution < 1.29 is 80.2 Å². The molecule has 0 aliphatic heterocycles. The number of rotatable bonds is 82. The molecule has 0 radical (unpaired) electrons. The number of carbonyl (C=O) groups is 4. The van der Waals surface area contributed by atoms with Gasteiger partial charge >= 0.3 is 39.5 Å². The van der Waals surface area contributed by atoms with Crippen molar-refractivity contribution >= 4 is 39.5 Å². The maximum atomic E-state index is 13.1. The first-order chi connectivity index (χ1) is 49.8. The van der Waals surface area contributed by atoms with E-state index in [-0.39, 0.29) is 25.7 Å². The van der Waals surface area contributed by atoms with Gasteiger partial charge in [-0.2, -0.15) is 0 Å². The Kier molecular flexibility index (Phi) is 72.8. The van der Waals surface area contributed by atoms with Gasteiger partial charge in [-0.15, -0.1) is 0 Å². The number of aliphatic hydroxyl groups excluding tert-OH is 1. The van der Waals surface area contributed by atoms with Crippen molar-refractivity contribution in [3.05, 3.63) is 0 Å². The Morgan fingerprint density at radius 3 is 0.738 bits per heavy atom. The number of unbranched alkanes of at least 4 members (excludes halogenated alkanes) is 49. The van der Waals surface area contributed by atoms with Crippen LogP contribution in [0.4, 0.5) is 0 Å². The molecule has 0 aromatic rings. The number of aliphatic hydroxyl groups is 1. The summed E-state index contributed by atoms with van der Waals surface area (Å²) in [5.41, 5.74) is 0. The minimum Gasteiger partial charge on any atom is -0.462 e. The van der Waals surface area contributed by atoms with E-state index in [9.17, 15) is 43.2 Å². The van der Waals surface area contributed by atoms with Crippen molar-refractivity contribution in [2.45, 2.75) is 458 Å². The van der Waals surface area contributed by atoms with Crippen molar-refractivity contribution in [1.82, 2.24) is 0 Å². The molecule has 0 heterocycles. The van der Waals surface area contributed by atoms with Crippen LogP contribution in [0.1, 0.15) is 440 Å². The summed E-state index contributed by atoms with van der Waals surface area (Å²) in [4.78, 5) is 73.1. The third-order valence-electron chi connectivity index (χ3n) is 20.0. The molecule has 19 heteroatoms. The summed E-state index contributed by atoms with van der Waals surface area (Å²) in [5.74, 6) is 0.220. The zero-order chi connectivity index (χ0) is 75.8. The minimum absolute atomic E-state index is 0.106. The second-order valence-corrected chi connectivity index (χ2v) is 34.3. The lowest BCUT2D eigenvalue weighted by atomic mass is 9.99. The molecule has 612 valence electrons. The van der Waals surface area contributed by atoms with Gasteiger partial charge in [0.05, 0.1) is 26.4 Å². The van der Waals surface area contributed by atoms with Gasteiger partial charge in [-0.25, -0.2) is 9.13 Å². The maximum Gasteiger partial charge on any atom is 0.472 e. The number of hydrogen-bond donors (Lipinski definition) is 3. The lowest BCUT2D eigenvalue weighted by Gasteiger charge is -2.21. The van der Waals surface area contributed by atoms with E-state index in [0.29, 0.717) is 31.6 Å². The molecule has 0 saturated heterocycles. The van der Waals surface area contributed by atoms with Crippen molar-refractivity contribution in [3.63, 3.8) is 0 Å². The van der Waals surface area contributed by atoms with Crippen molar-refractivity contribution in [1.29, 1.82) is 0 Å². The second-order valence-electron chi connectivity index (χ2n) is 31.4. The lowest BCUT2D eigenvalue weighted by molar-refractivity contribution is -0.161. The zero-order valence-electron chi connectivity index (χ0n) is 67.8. The molecular formula is C84H164O17P2. The molecule has 17 nitrogen and oxygen atoms in total. The van der Waals surface area contributed by atoms with Crippen LogP contribution >= 0.6 is 15.6 Å². The number of phosphoric acid groups is 2. The van der Waals surface area contributed by atoms with E-state index in [1.54, 1.807) is 0 Å². The molecular weight excluding hydrogens is 1340 g/mol. The Morgan fingerprint density at radius 2 is 0.495 bits per heavy atom. The molecule has 0 aromatic heterocycles. The first kappa shape index (κ1) is 101. The second kappa shape index (κ2) is 74.2. The molecule has 6 atom stereocenters. The van der Waals surface area contributed by atoms with Crippen LogP contribution in [-0.4, -0.2) is 96.7 Å². The molecule has 0 aliphatic rings. The Labute approximate surface area is 632 Å². The molecule has 0 saturated carbocycles. The molecule has 103 heavy (non-hydrogen) atoms. The van der Waals surface area contributed by atoms with E-state index in [2.05, 4.69) is 48.5 Å². The van der Waals surface area contributed by atoms with Crippen LogP contribution in [0.3, 0.4) is 0 Å². The van der Waals surface area contributed by atoms with Crippen LogP contribution in [0.2, 0.25) is 0 Å². The standard InChI is InChI=1S/C84H164O17P2/c1-8-10-11-12-13-14-15-16-17-18-22-25-28-31-37-44-51-58-65-81(86)94-71-79(100-83(88)67-60-53-45-38-32-29-26-23-20-19-21-24-27-30-35-41-48-55-62-75(3)4)73-98-102(90,91)96-69-78(85)70-97-103(92,93)99-74-80(72-95-82(87)66-59-52-47-40-42-49-56-63-76(5)6)101-84(89)68-61-54-46-39-34-33-36-43-50-57-64-77(7)9-2/h75-80,85H,8-74H2,1-7H3,(H,90,91)(H,92,93)/t77?,78-,79-,80-/m1/s1. The van der Waals surface area contributed by atoms with Crippen LogP contribution in [0.5, 0.6) is 0 Å². The molecule has 0 aliphatic carbocycles. The van der Waals surface area contributed by atoms with Gasteiger partial charge in [0.15, 0.2) is 12.2 Å². The Morgan fingerprint density at radius 1 is 0.282 bits per heavy atom. The summed E-state index contributed by atoms with van der Waals surface area (Å²) in [6, 6.07) is 0.